The minimum Gasteiger partial charge on any atom is -0.465 e. The van der Waals surface area contributed by atoms with Crippen LogP contribution in [-0.4, -0.2) is 38.9 Å². The highest BCUT2D eigenvalue weighted by atomic mass is 32.1. The Hall–Kier alpha value is -1.27. The van der Waals surface area contributed by atoms with E-state index in [-0.39, 0.29) is 5.97 Å². The predicted octanol–water partition coefficient (Wildman–Crippen LogP) is 2.12. The minimum atomic E-state index is -0.363. The third kappa shape index (κ3) is 3.19. The summed E-state index contributed by atoms with van der Waals surface area (Å²) >= 11 is 1.40. The Balaban J connectivity index is 2.02. The Morgan fingerprint density at radius 1 is 1.53 bits per heavy atom. The highest BCUT2D eigenvalue weighted by Crippen LogP contribution is 2.34. The fraction of sp³-hybridized carbons (Fsp3) is 0.615. The number of nitrogen functional groups attached to an aromatic ring is 1. The van der Waals surface area contributed by atoms with Gasteiger partial charge in [-0.25, -0.2) is 4.79 Å². The van der Waals surface area contributed by atoms with E-state index < -0.39 is 0 Å². The molecular formula is C13H20N2O3S. The molecule has 0 saturated carbocycles. The Morgan fingerprint density at radius 2 is 2.21 bits per heavy atom. The van der Waals surface area contributed by atoms with Crippen molar-refractivity contribution in [2.45, 2.75) is 25.9 Å². The SMILES string of the molecule is CCOC1CCN(c2cc(N)c(C(=O)OC)s2)CC1. The number of esters is 1. The number of hydrogen-bond donors (Lipinski definition) is 1. The van der Waals surface area contributed by atoms with Crippen LogP contribution in [0.1, 0.15) is 29.4 Å². The maximum absolute atomic E-state index is 11.5. The second kappa shape index (κ2) is 6.25. The van der Waals surface area contributed by atoms with E-state index >= 15 is 0 Å². The molecule has 1 saturated heterocycles. The first kappa shape index (κ1) is 14.1. The van der Waals surface area contributed by atoms with Gasteiger partial charge in [-0.3, -0.25) is 0 Å². The molecule has 0 unspecified atom stereocenters. The maximum Gasteiger partial charge on any atom is 0.350 e. The van der Waals surface area contributed by atoms with E-state index in [9.17, 15) is 4.79 Å². The summed E-state index contributed by atoms with van der Waals surface area (Å²) < 4.78 is 10.3. The van der Waals surface area contributed by atoms with Gasteiger partial charge in [-0.15, -0.1) is 11.3 Å². The van der Waals surface area contributed by atoms with Crippen LogP contribution in [0.3, 0.4) is 0 Å². The van der Waals surface area contributed by atoms with Gasteiger partial charge in [0.2, 0.25) is 0 Å². The monoisotopic (exact) mass is 284 g/mol. The lowest BCUT2D eigenvalue weighted by Gasteiger charge is -2.32. The molecule has 6 heteroatoms. The van der Waals surface area contributed by atoms with Crippen molar-refractivity contribution in [2.75, 3.05) is 37.4 Å². The molecule has 0 atom stereocenters. The van der Waals surface area contributed by atoms with Crippen LogP contribution in [0.15, 0.2) is 6.07 Å². The van der Waals surface area contributed by atoms with Crippen LogP contribution < -0.4 is 10.6 Å². The van der Waals surface area contributed by atoms with Crippen LogP contribution >= 0.6 is 11.3 Å². The number of rotatable bonds is 4. The maximum atomic E-state index is 11.5. The zero-order valence-corrected chi connectivity index (χ0v) is 12.2. The normalized spacial score (nSPS) is 16.6. The number of nitrogens with zero attached hydrogens (tertiary/aromatic N) is 1. The van der Waals surface area contributed by atoms with Gasteiger partial charge < -0.3 is 20.1 Å². The quantitative estimate of drug-likeness (QED) is 0.858. The minimum absolute atomic E-state index is 0.360. The van der Waals surface area contributed by atoms with E-state index in [4.69, 9.17) is 15.2 Å². The van der Waals surface area contributed by atoms with E-state index in [0.717, 1.165) is 37.5 Å². The van der Waals surface area contributed by atoms with Crippen molar-refractivity contribution < 1.29 is 14.3 Å². The van der Waals surface area contributed by atoms with E-state index in [2.05, 4.69) is 4.90 Å². The molecule has 106 valence electrons. The molecule has 0 radical (unpaired) electrons. The van der Waals surface area contributed by atoms with E-state index in [0.29, 0.717) is 16.7 Å². The molecule has 5 nitrogen and oxygen atoms in total. The van der Waals surface area contributed by atoms with Crippen LogP contribution in [-0.2, 0) is 9.47 Å². The molecule has 19 heavy (non-hydrogen) atoms. The highest BCUT2D eigenvalue weighted by Gasteiger charge is 2.23. The number of nitrogens with two attached hydrogens (primary N) is 1. The van der Waals surface area contributed by atoms with Crippen molar-refractivity contribution in [3.8, 4) is 0 Å². The van der Waals surface area contributed by atoms with Gasteiger partial charge in [0.05, 0.1) is 23.9 Å². The Bertz CT molecular complexity index is 439. The van der Waals surface area contributed by atoms with Gasteiger partial charge in [-0.2, -0.15) is 0 Å². The molecule has 0 bridgehead atoms. The van der Waals surface area contributed by atoms with Crippen molar-refractivity contribution in [3.05, 3.63) is 10.9 Å². The molecule has 0 amide bonds. The molecule has 1 aliphatic heterocycles. The van der Waals surface area contributed by atoms with Crippen LogP contribution in [0.2, 0.25) is 0 Å². The van der Waals surface area contributed by atoms with Crippen molar-refractivity contribution in [2.24, 2.45) is 0 Å². The number of piperidine rings is 1. The number of hydrogen-bond acceptors (Lipinski definition) is 6. The summed E-state index contributed by atoms with van der Waals surface area (Å²) in [5.41, 5.74) is 6.36. The number of anilines is 2. The molecule has 0 aromatic carbocycles. The van der Waals surface area contributed by atoms with Crippen molar-refractivity contribution in [3.63, 3.8) is 0 Å². The summed E-state index contributed by atoms with van der Waals surface area (Å²) in [6.45, 7) is 4.66. The van der Waals surface area contributed by atoms with Gasteiger partial charge >= 0.3 is 5.97 Å². The molecule has 1 aromatic heterocycles. The Labute approximate surface area is 117 Å². The van der Waals surface area contributed by atoms with Gasteiger partial charge in [0.1, 0.15) is 4.88 Å². The third-order valence-corrected chi connectivity index (χ3v) is 4.47. The Morgan fingerprint density at radius 3 is 2.79 bits per heavy atom. The molecule has 0 aliphatic carbocycles. The van der Waals surface area contributed by atoms with E-state index in [1.54, 1.807) is 0 Å². The number of methoxy groups -OCH3 is 1. The summed E-state index contributed by atoms with van der Waals surface area (Å²) in [4.78, 5) is 14.3. The standard InChI is InChI=1S/C13H20N2O3S/c1-3-18-9-4-6-15(7-5-9)11-8-10(14)12(19-11)13(16)17-2/h8-9H,3-7,14H2,1-2H3. The molecular weight excluding hydrogens is 264 g/mol. The first-order valence-electron chi connectivity index (χ1n) is 6.49. The van der Waals surface area contributed by atoms with Crippen molar-refractivity contribution in [1.29, 1.82) is 0 Å². The number of carbonyl (C=O) groups excluding carboxylic acids is 1. The van der Waals surface area contributed by atoms with Gasteiger partial charge in [0, 0.05) is 19.7 Å². The molecule has 2 N–H and O–H groups in total. The van der Waals surface area contributed by atoms with E-state index in [1.165, 1.54) is 18.4 Å². The first-order valence-corrected chi connectivity index (χ1v) is 7.31. The predicted molar refractivity (Wildman–Crippen MR) is 76.9 cm³/mol. The fourth-order valence-corrected chi connectivity index (χ4v) is 3.33. The second-order valence-electron chi connectivity index (χ2n) is 4.50. The topological polar surface area (TPSA) is 64.8 Å². The summed E-state index contributed by atoms with van der Waals surface area (Å²) in [5, 5.41) is 1.04. The summed E-state index contributed by atoms with van der Waals surface area (Å²) in [6.07, 6.45) is 2.39. The first-order chi connectivity index (χ1) is 9.15. The van der Waals surface area contributed by atoms with Gasteiger partial charge in [-0.05, 0) is 25.8 Å². The van der Waals surface area contributed by atoms with Crippen LogP contribution in [0.5, 0.6) is 0 Å². The van der Waals surface area contributed by atoms with Gasteiger partial charge in [0.25, 0.3) is 0 Å². The summed E-state index contributed by atoms with van der Waals surface area (Å²) in [7, 11) is 1.37. The third-order valence-electron chi connectivity index (χ3n) is 3.27. The average Bonchev–Trinajstić information content (AvgIpc) is 2.81. The average molecular weight is 284 g/mol. The second-order valence-corrected chi connectivity index (χ2v) is 5.53. The lowest BCUT2D eigenvalue weighted by Crippen LogP contribution is -2.36. The zero-order chi connectivity index (χ0) is 13.8. The number of ether oxygens (including phenoxy) is 2. The number of thiophene rings is 1. The summed E-state index contributed by atoms with van der Waals surface area (Å²) in [5.74, 6) is -0.363. The van der Waals surface area contributed by atoms with E-state index in [1.807, 2.05) is 13.0 Å². The molecule has 2 rings (SSSR count). The molecule has 1 aromatic rings. The highest BCUT2D eigenvalue weighted by molar-refractivity contribution is 7.18. The lowest BCUT2D eigenvalue weighted by atomic mass is 10.1. The van der Waals surface area contributed by atoms with Gasteiger partial charge in [-0.1, -0.05) is 0 Å². The molecule has 1 fully saturated rings. The number of carbonyl (C=O) groups is 1. The van der Waals surface area contributed by atoms with Crippen LogP contribution in [0.25, 0.3) is 0 Å². The lowest BCUT2D eigenvalue weighted by molar-refractivity contribution is 0.0460. The van der Waals surface area contributed by atoms with Crippen molar-refractivity contribution >= 4 is 28.0 Å². The summed E-state index contributed by atoms with van der Waals surface area (Å²) in [6, 6.07) is 1.86. The van der Waals surface area contributed by atoms with Gasteiger partial charge in [0.15, 0.2) is 0 Å². The molecule has 0 spiro atoms. The smallest absolute Gasteiger partial charge is 0.350 e. The van der Waals surface area contributed by atoms with Crippen molar-refractivity contribution in [1.82, 2.24) is 0 Å². The molecule has 2 heterocycles. The molecule has 1 aliphatic rings. The van der Waals surface area contributed by atoms with Crippen LogP contribution in [0.4, 0.5) is 10.7 Å². The largest absolute Gasteiger partial charge is 0.465 e. The Kier molecular flexibility index (Phi) is 4.66. The van der Waals surface area contributed by atoms with Crippen LogP contribution in [0, 0.1) is 0 Å². The zero-order valence-electron chi connectivity index (χ0n) is 11.3. The fourth-order valence-electron chi connectivity index (χ4n) is 2.28.